The van der Waals surface area contributed by atoms with Gasteiger partial charge in [-0.25, -0.2) is 8.42 Å². The number of aryl methyl sites for hydroxylation is 1. The molecule has 3 rings (SSSR count). The molecule has 0 atom stereocenters. The highest BCUT2D eigenvalue weighted by Crippen LogP contribution is 2.33. The first-order valence-corrected chi connectivity index (χ1v) is 13.3. The topological polar surface area (TPSA) is 66.5 Å². The van der Waals surface area contributed by atoms with E-state index in [1.54, 1.807) is 17.8 Å². The number of hydrogen-bond acceptors (Lipinski definition) is 4. The molecule has 0 bridgehead atoms. The predicted molar refractivity (Wildman–Crippen MR) is 133 cm³/mol. The molecule has 0 fully saturated rings. The summed E-state index contributed by atoms with van der Waals surface area (Å²) in [5.74, 6) is 0.745. The lowest BCUT2D eigenvalue weighted by atomic mass is 10.1. The molecule has 0 saturated carbocycles. The Morgan fingerprint density at radius 1 is 0.971 bits per heavy atom. The van der Waals surface area contributed by atoms with Crippen LogP contribution in [0.25, 0.3) is 0 Å². The maximum atomic E-state index is 13.3. The first-order valence-electron chi connectivity index (χ1n) is 10.7. The van der Waals surface area contributed by atoms with E-state index in [4.69, 9.17) is 0 Å². The summed E-state index contributed by atoms with van der Waals surface area (Å²) in [4.78, 5) is 12.5. The van der Waals surface area contributed by atoms with E-state index >= 15 is 0 Å². The standard InChI is InChI=1S/C25H25F3N2O3S2/c1-19-8-5-6-9-20(19)18-34-15-14-29-24(31)17-30(35(32,33)23-12-3-2-4-13-23)22-11-7-10-21(16-22)25(26,27)28/h2-13,16H,14-15,17-18H2,1H3,(H,29,31). The SMILES string of the molecule is Cc1ccccc1CSCCNC(=O)CN(c1cccc(C(F)(F)F)c1)S(=O)(=O)c1ccccc1. The second kappa shape index (κ2) is 11.6. The zero-order chi connectivity index (χ0) is 25.5. The number of alkyl halides is 3. The number of carbonyl (C=O) groups is 1. The number of nitrogens with one attached hydrogen (secondary N) is 1. The van der Waals surface area contributed by atoms with Crippen molar-refractivity contribution in [1.82, 2.24) is 5.32 Å². The van der Waals surface area contributed by atoms with Crippen molar-refractivity contribution in [2.75, 3.05) is 23.1 Å². The molecule has 1 N–H and O–H groups in total. The van der Waals surface area contributed by atoms with Crippen molar-refractivity contribution in [3.05, 3.63) is 95.6 Å². The lowest BCUT2D eigenvalue weighted by molar-refractivity contribution is -0.137. The largest absolute Gasteiger partial charge is 0.416 e. The lowest BCUT2D eigenvalue weighted by Gasteiger charge is -2.25. The van der Waals surface area contributed by atoms with Crippen LogP contribution in [-0.2, 0) is 26.7 Å². The summed E-state index contributed by atoms with van der Waals surface area (Å²) in [6.45, 7) is 1.66. The van der Waals surface area contributed by atoms with Crippen LogP contribution in [0.15, 0.2) is 83.8 Å². The van der Waals surface area contributed by atoms with Crippen molar-refractivity contribution in [1.29, 1.82) is 0 Å². The Bertz CT molecular complexity index is 1250. The van der Waals surface area contributed by atoms with Crippen LogP contribution in [0.4, 0.5) is 18.9 Å². The number of thioether (sulfide) groups is 1. The highest BCUT2D eigenvalue weighted by Gasteiger charge is 2.33. The number of sulfonamides is 1. The molecule has 0 spiro atoms. The first-order chi connectivity index (χ1) is 16.6. The van der Waals surface area contributed by atoms with Crippen molar-refractivity contribution < 1.29 is 26.4 Å². The molecule has 0 radical (unpaired) electrons. The van der Waals surface area contributed by atoms with Gasteiger partial charge in [-0.15, -0.1) is 0 Å². The Balaban J connectivity index is 1.71. The normalized spacial score (nSPS) is 11.8. The van der Waals surface area contributed by atoms with Gasteiger partial charge in [0.05, 0.1) is 16.1 Å². The van der Waals surface area contributed by atoms with Gasteiger partial charge in [-0.3, -0.25) is 9.10 Å². The Labute approximate surface area is 207 Å². The molecule has 0 unspecified atom stereocenters. The van der Waals surface area contributed by atoms with E-state index in [9.17, 15) is 26.4 Å². The third kappa shape index (κ3) is 7.25. The van der Waals surface area contributed by atoms with E-state index in [1.807, 2.05) is 31.2 Å². The monoisotopic (exact) mass is 522 g/mol. The minimum atomic E-state index is -4.66. The van der Waals surface area contributed by atoms with Gasteiger partial charge in [-0.1, -0.05) is 48.5 Å². The van der Waals surface area contributed by atoms with Crippen molar-refractivity contribution in [3.63, 3.8) is 0 Å². The molecule has 3 aromatic rings. The average molecular weight is 523 g/mol. The smallest absolute Gasteiger partial charge is 0.354 e. The summed E-state index contributed by atoms with van der Waals surface area (Å²) in [6, 6.07) is 19.2. The fourth-order valence-electron chi connectivity index (χ4n) is 3.28. The Hall–Kier alpha value is -2.98. The summed E-state index contributed by atoms with van der Waals surface area (Å²) in [6.07, 6.45) is -4.66. The van der Waals surface area contributed by atoms with Gasteiger partial charge in [0.15, 0.2) is 0 Å². The molecular weight excluding hydrogens is 497 g/mol. The molecule has 0 saturated heterocycles. The van der Waals surface area contributed by atoms with E-state index in [-0.39, 0.29) is 17.1 Å². The highest BCUT2D eigenvalue weighted by molar-refractivity contribution is 7.98. The van der Waals surface area contributed by atoms with Gasteiger partial charge in [0.2, 0.25) is 5.91 Å². The van der Waals surface area contributed by atoms with E-state index in [2.05, 4.69) is 5.32 Å². The van der Waals surface area contributed by atoms with Crippen LogP contribution < -0.4 is 9.62 Å². The van der Waals surface area contributed by atoms with Crippen molar-refractivity contribution in [3.8, 4) is 0 Å². The molecule has 0 aliphatic carbocycles. The highest BCUT2D eigenvalue weighted by atomic mass is 32.2. The van der Waals surface area contributed by atoms with Crippen LogP contribution in [0.2, 0.25) is 0 Å². The van der Waals surface area contributed by atoms with Crippen LogP contribution in [-0.4, -0.2) is 33.2 Å². The first kappa shape index (κ1) is 26.6. The zero-order valence-corrected chi connectivity index (χ0v) is 20.6. The van der Waals surface area contributed by atoms with Gasteiger partial charge >= 0.3 is 6.18 Å². The predicted octanol–water partition coefficient (Wildman–Crippen LogP) is 5.26. The van der Waals surface area contributed by atoms with Crippen LogP contribution in [0.3, 0.4) is 0 Å². The molecule has 1 amide bonds. The van der Waals surface area contributed by atoms with Gasteiger partial charge in [-0.2, -0.15) is 24.9 Å². The van der Waals surface area contributed by atoms with Gasteiger partial charge < -0.3 is 5.32 Å². The summed E-state index contributed by atoms with van der Waals surface area (Å²) in [5, 5.41) is 2.66. The molecule has 0 aliphatic rings. The molecule has 10 heteroatoms. The van der Waals surface area contributed by atoms with Gasteiger partial charge in [0.25, 0.3) is 10.0 Å². The van der Waals surface area contributed by atoms with Crippen LogP contribution >= 0.6 is 11.8 Å². The van der Waals surface area contributed by atoms with Gasteiger partial charge in [0, 0.05) is 18.1 Å². The van der Waals surface area contributed by atoms with Crippen LogP contribution in [0, 0.1) is 6.92 Å². The number of rotatable bonds is 10. The van der Waals surface area contributed by atoms with Gasteiger partial charge in [0.1, 0.15) is 6.54 Å². The number of hydrogen-bond donors (Lipinski definition) is 1. The quantitative estimate of drug-likeness (QED) is 0.369. The third-order valence-electron chi connectivity index (χ3n) is 5.17. The number of carbonyl (C=O) groups excluding carboxylic acids is 1. The molecule has 3 aromatic carbocycles. The van der Waals surface area contributed by atoms with E-state index in [0.717, 1.165) is 24.0 Å². The number of anilines is 1. The summed E-state index contributed by atoms with van der Waals surface area (Å²) in [5.41, 5.74) is 1.12. The second-order valence-electron chi connectivity index (χ2n) is 7.70. The van der Waals surface area contributed by atoms with Crippen molar-refractivity contribution >= 4 is 33.4 Å². The number of halogens is 3. The summed E-state index contributed by atoms with van der Waals surface area (Å²) in [7, 11) is -4.29. The van der Waals surface area contributed by atoms with Gasteiger partial charge in [-0.05, 0) is 48.4 Å². The number of nitrogens with zero attached hydrogens (tertiary/aromatic N) is 1. The van der Waals surface area contributed by atoms with E-state index < -0.39 is 34.2 Å². The number of amides is 1. The molecule has 0 heterocycles. The maximum absolute atomic E-state index is 13.3. The summed E-state index contributed by atoms with van der Waals surface area (Å²) < 4.78 is 67.0. The fourth-order valence-corrected chi connectivity index (χ4v) is 5.64. The summed E-state index contributed by atoms with van der Waals surface area (Å²) >= 11 is 1.61. The number of benzene rings is 3. The Kier molecular flexibility index (Phi) is 8.85. The van der Waals surface area contributed by atoms with Crippen molar-refractivity contribution in [2.24, 2.45) is 0 Å². The average Bonchev–Trinajstić information content (AvgIpc) is 2.83. The van der Waals surface area contributed by atoms with E-state index in [1.165, 1.54) is 41.5 Å². The Morgan fingerprint density at radius 2 is 1.66 bits per heavy atom. The third-order valence-corrected chi connectivity index (χ3v) is 7.96. The fraction of sp³-hybridized carbons (Fsp3) is 0.240. The molecule has 35 heavy (non-hydrogen) atoms. The molecule has 0 aromatic heterocycles. The minimum absolute atomic E-state index is 0.126. The van der Waals surface area contributed by atoms with E-state index in [0.29, 0.717) is 10.1 Å². The minimum Gasteiger partial charge on any atom is -0.354 e. The molecule has 0 aliphatic heterocycles. The Morgan fingerprint density at radius 3 is 2.34 bits per heavy atom. The lowest BCUT2D eigenvalue weighted by Crippen LogP contribution is -2.41. The molecule has 5 nitrogen and oxygen atoms in total. The van der Waals surface area contributed by atoms with Crippen molar-refractivity contribution in [2.45, 2.75) is 23.7 Å². The van der Waals surface area contributed by atoms with Crippen LogP contribution in [0.5, 0.6) is 0 Å². The van der Waals surface area contributed by atoms with Crippen LogP contribution in [0.1, 0.15) is 16.7 Å². The molecule has 186 valence electrons. The molecular formula is C25H25F3N2O3S2. The maximum Gasteiger partial charge on any atom is 0.416 e. The second-order valence-corrected chi connectivity index (χ2v) is 10.7. The zero-order valence-electron chi connectivity index (χ0n) is 19.0.